The van der Waals surface area contributed by atoms with Gasteiger partial charge in [0.15, 0.2) is 11.5 Å². The molecule has 22 heavy (non-hydrogen) atoms. The number of hydrogen-bond donors (Lipinski definition) is 0. The lowest BCUT2D eigenvalue weighted by atomic mass is 10.1. The van der Waals surface area contributed by atoms with Crippen LogP contribution >= 0.6 is 0 Å². The Hall–Kier alpha value is -0.0700. The molecule has 0 aliphatic carbocycles. The normalized spacial score (nSPS) is 11.2. The molecule has 0 aliphatic rings. The molecular weight excluding hydrogens is 320 g/mol. The SMILES string of the molecule is CCCCCCC(=O)C[S+](CC)CC.CCCCS(=O)(=O)[O-]. The molecule has 0 spiro atoms. The zero-order valence-corrected chi connectivity index (χ0v) is 16.4. The third-order valence-corrected chi connectivity index (χ3v) is 6.39. The number of Topliss-reactive ketones (excluding diaryl/α,β-unsaturated/α-hetero) is 1. The van der Waals surface area contributed by atoms with Gasteiger partial charge in [0, 0.05) is 12.2 Å². The fourth-order valence-electron chi connectivity index (χ4n) is 1.78. The molecule has 0 heterocycles. The van der Waals surface area contributed by atoms with Gasteiger partial charge >= 0.3 is 0 Å². The van der Waals surface area contributed by atoms with Gasteiger partial charge in [0.1, 0.15) is 11.5 Å². The first-order valence-electron chi connectivity index (χ1n) is 8.39. The second kappa shape index (κ2) is 15.8. The summed E-state index contributed by atoms with van der Waals surface area (Å²) in [5.74, 6) is 3.48. The van der Waals surface area contributed by atoms with Crippen molar-refractivity contribution in [1.82, 2.24) is 0 Å². The second-order valence-corrected chi connectivity index (χ2v) is 9.49. The lowest BCUT2D eigenvalue weighted by Gasteiger charge is -2.03. The van der Waals surface area contributed by atoms with Crippen LogP contribution in [0.25, 0.3) is 0 Å². The monoisotopic (exact) mass is 354 g/mol. The molecule has 0 rings (SSSR count). The van der Waals surface area contributed by atoms with E-state index >= 15 is 0 Å². The smallest absolute Gasteiger partial charge is 0.181 e. The van der Waals surface area contributed by atoms with Crippen molar-refractivity contribution in [2.75, 3.05) is 23.0 Å². The van der Waals surface area contributed by atoms with Crippen LogP contribution in [0.4, 0.5) is 0 Å². The Bertz CT molecular complexity index is 349. The van der Waals surface area contributed by atoms with E-state index in [1.54, 1.807) is 0 Å². The number of hydrogen-bond acceptors (Lipinski definition) is 4. The first kappa shape index (κ1) is 24.2. The predicted molar refractivity (Wildman–Crippen MR) is 96.6 cm³/mol. The third kappa shape index (κ3) is 19.9. The van der Waals surface area contributed by atoms with Gasteiger partial charge in [-0.2, -0.15) is 0 Å². The van der Waals surface area contributed by atoms with Gasteiger partial charge in [-0.05, 0) is 37.6 Å². The molecule has 0 aromatic heterocycles. The summed E-state index contributed by atoms with van der Waals surface area (Å²) in [6, 6.07) is 0. The van der Waals surface area contributed by atoms with E-state index in [1.165, 1.54) is 30.8 Å². The lowest BCUT2D eigenvalue weighted by Crippen LogP contribution is -2.19. The van der Waals surface area contributed by atoms with E-state index in [-0.39, 0.29) is 5.75 Å². The Morgan fingerprint density at radius 3 is 1.82 bits per heavy atom. The summed E-state index contributed by atoms with van der Waals surface area (Å²) in [7, 11) is -3.56. The first-order chi connectivity index (χ1) is 10.3. The molecule has 0 radical (unpaired) electrons. The van der Waals surface area contributed by atoms with Crippen LogP contribution in [0.15, 0.2) is 0 Å². The standard InChI is InChI=1S/C12H25OS.C4H10O3S/c1-4-7-8-9-10-12(13)11-14(5-2)6-3;1-2-3-4-8(5,6)7/h4-11H2,1-3H3;2-4H2,1H3,(H,5,6,7)/q+1;/p-1. The van der Waals surface area contributed by atoms with E-state index in [4.69, 9.17) is 0 Å². The molecule has 0 fully saturated rings. The van der Waals surface area contributed by atoms with E-state index < -0.39 is 10.1 Å². The zero-order chi connectivity index (χ0) is 17.4. The minimum atomic E-state index is -3.94. The summed E-state index contributed by atoms with van der Waals surface area (Å²) in [5, 5.41) is 0. The molecule has 6 heteroatoms. The van der Waals surface area contributed by atoms with Gasteiger partial charge in [-0.25, -0.2) is 8.42 Å². The minimum absolute atomic E-state index is 0.219. The predicted octanol–water partition coefficient (Wildman–Crippen LogP) is 3.52. The number of rotatable bonds is 12. The molecule has 0 unspecified atom stereocenters. The van der Waals surface area contributed by atoms with Crippen LogP contribution in [-0.2, 0) is 25.8 Å². The highest BCUT2D eigenvalue weighted by atomic mass is 32.2. The third-order valence-electron chi connectivity index (χ3n) is 3.24. The van der Waals surface area contributed by atoms with Gasteiger partial charge in [-0.15, -0.1) is 0 Å². The van der Waals surface area contributed by atoms with E-state index in [1.807, 2.05) is 6.92 Å². The molecule has 0 saturated carbocycles. The summed E-state index contributed by atoms with van der Waals surface area (Å²) < 4.78 is 29.5. The van der Waals surface area contributed by atoms with E-state index in [0.717, 1.165) is 25.0 Å². The Kier molecular flexibility index (Phi) is 17.4. The molecule has 0 bridgehead atoms. The van der Waals surface area contributed by atoms with E-state index in [2.05, 4.69) is 20.8 Å². The summed E-state index contributed by atoms with van der Waals surface area (Å²) in [6.07, 6.45) is 6.92. The molecule has 134 valence electrons. The molecule has 0 aromatic carbocycles. The van der Waals surface area contributed by atoms with Gasteiger partial charge in [0.2, 0.25) is 0 Å². The van der Waals surface area contributed by atoms with Crippen LogP contribution in [0.2, 0.25) is 0 Å². The second-order valence-electron chi connectivity index (χ2n) is 5.30. The summed E-state index contributed by atoms with van der Waals surface area (Å²) in [4.78, 5) is 11.5. The number of carbonyl (C=O) groups is 1. The van der Waals surface area contributed by atoms with E-state index in [9.17, 15) is 17.8 Å². The molecular formula is C16H34O4S2. The quantitative estimate of drug-likeness (QED) is 0.305. The maximum absolute atomic E-state index is 11.5. The molecule has 0 aliphatic heterocycles. The van der Waals surface area contributed by atoms with Gasteiger partial charge in [0.25, 0.3) is 0 Å². The molecule has 0 atom stereocenters. The fraction of sp³-hybridized carbons (Fsp3) is 0.938. The summed E-state index contributed by atoms with van der Waals surface area (Å²) in [6.45, 7) is 8.42. The van der Waals surface area contributed by atoms with Crippen molar-refractivity contribution in [3.05, 3.63) is 0 Å². The maximum Gasteiger partial charge on any atom is 0.181 e. The molecule has 0 amide bonds. The van der Waals surface area contributed by atoms with Gasteiger partial charge in [-0.3, -0.25) is 4.79 Å². The molecule has 4 nitrogen and oxygen atoms in total. The number of carbonyl (C=O) groups excluding carboxylic acids is 1. The number of ketones is 1. The maximum atomic E-state index is 11.5. The Morgan fingerprint density at radius 1 is 0.909 bits per heavy atom. The summed E-state index contributed by atoms with van der Waals surface area (Å²) in [5.41, 5.74) is 0. The van der Waals surface area contributed by atoms with Crippen LogP contribution in [0.3, 0.4) is 0 Å². The fourth-order valence-corrected chi connectivity index (χ4v) is 3.84. The Balaban J connectivity index is 0. The molecule has 0 aromatic rings. The van der Waals surface area contributed by atoms with Crippen molar-refractivity contribution >= 4 is 26.8 Å². The summed E-state index contributed by atoms with van der Waals surface area (Å²) >= 11 is 0. The van der Waals surface area contributed by atoms with Gasteiger partial charge in [-0.1, -0.05) is 39.5 Å². The van der Waals surface area contributed by atoms with Crippen molar-refractivity contribution in [3.8, 4) is 0 Å². The number of unbranched alkanes of at least 4 members (excludes halogenated alkanes) is 4. The van der Waals surface area contributed by atoms with Crippen LogP contribution in [0.5, 0.6) is 0 Å². The lowest BCUT2D eigenvalue weighted by molar-refractivity contribution is -0.116. The highest BCUT2D eigenvalue weighted by Gasteiger charge is 2.17. The van der Waals surface area contributed by atoms with Gasteiger partial charge < -0.3 is 4.55 Å². The molecule has 0 N–H and O–H groups in total. The average Bonchev–Trinajstić information content (AvgIpc) is 2.47. The largest absolute Gasteiger partial charge is 0.748 e. The average molecular weight is 355 g/mol. The highest BCUT2D eigenvalue weighted by molar-refractivity contribution is 7.97. The Labute approximate surface area is 140 Å². The topological polar surface area (TPSA) is 74.3 Å². The minimum Gasteiger partial charge on any atom is -0.748 e. The molecule has 0 saturated heterocycles. The van der Waals surface area contributed by atoms with E-state index in [0.29, 0.717) is 23.1 Å². The highest BCUT2D eigenvalue weighted by Crippen LogP contribution is 2.05. The van der Waals surface area contributed by atoms with Crippen LogP contribution in [0, 0.1) is 0 Å². The van der Waals surface area contributed by atoms with Crippen molar-refractivity contribution in [3.63, 3.8) is 0 Å². The van der Waals surface area contributed by atoms with Crippen molar-refractivity contribution < 1.29 is 17.8 Å². The van der Waals surface area contributed by atoms with Crippen molar-refractivity contribution in [2.24, 2.45) is 0 Å². The van der Waals surface area contributed by atoms with Crippen LogP contribution < -0.4 is 0 Å². The van der Waals surface area contributed by atoms with Crippen LogP contribution in [-0.4, -0.2) is 41.8 Å². The van der Waals surface area contributed by atoms with Crippen molar-refractivity contribution in [2.45, 2.75) is 72.6 Å². The Morgan fingerprint density at radius 2 is 1.45 bits per heavy atom. The zero-order valence-electron chi connectivity index (χ0n) is 14.7. The van der Waals surface area contributed by atoms with Gasteiger partial charge in [0.05, 0.1) is 10.1 Å². The van der Waals surface area contributed by atoms with Crippen LogP contribution in [0.1, 0.15) is 72.6 Å². The van der Waals surface area contributed by atoms with Crippen molar-refractivity contribution in [1.29, 1.82) is 0 Å². The first-order valence-corrected chi connectivity index (χ1v) is 11.7.